The maximum Gasteiger partial charge on any atom is 0.338 e. The fourth-order valence-corrected chi connectivity index (χ4v) is 4.22. The first kappa shape index (κ1) is 24.8. The van der Waals surface area contributed by atoms with Crippen LogP contribution in [0.1, 0.15) is 48.3 Å². The van der Waals surface area contributed by atoms with Crippen molar-refractivity contribution in [3.63, 3.8) is 0 Å². The summed E-state index contributed by atoms with van der Waals surface area (Å²) >= 11 is 5.50. The minimum absolute atomic E-state index is 0.124. The highest BCUT2D eigenvalue weighted by atomic mass is 32.1. The second-order valence-electron chi connectivity index (χ2n) is 7.68. The van der Waals surface area contributed by atoms with Crippen LogP contribution in [0.15, 0.2) is 53.7 Å². The van der Waals surface area contributed by atoms with Crippen molar-refractivity contribution < 1.29 is 19.2 Å². The van der Waals surface area contributed by atoms with Crippen molar-refractivity contribution in [2.75, 3.05) is 18.5 Å². The monoisotopic (exact) mass is 482 g/mol. The standard InChI is InChI=1S/C24H26N4O5S/c1-5-27-15(4)20(23(30)33-6-2)21(26-24(27)34)16-8-7-9-18(12-16)25-22(29)17-11-10-14(3)19(13-17)28(31)32/h7-13,21H,5-6H2,1-4H3,(H,25,29)(H,26,34)/t21-/m1/s1. The topological polar surface area (TPSA) is 114 Å². The van der Waals surface area contributed by atoms with Gasteiger partial charge < -0.3 is 20.3 Å². The summed E-state index contributed by atoms with van der Waals surface area (Å²) in [6, 6.07) is 10.8. The lowest BCUT2D eigenvalue weighted by atomic mass is 9.94. The molecule has 9 nitrogen and oxygen atoms in total. The third-order valence-corrected chi connectivity index (χ3v) is 5.89. The van der Waals surface area contributed by atoms with E-state index in [0.717, 1.165) is 0 Å². The van der Waals surface area contributed by atoms with Crippen LogP contribution in [0.5, 0.6) is 0 Å². The van der Waals surface area contributed by atoms with Gasteiger partial charge in [0.25, 0.3) is 11.6 Å². The second kappa shape index (κ2) is 10.4. The number of nitro groups is 1. The molecule has 10 heteroatoms. The molecular weight excluding hydrogens is 456 g/mol. The summed E-state index contributed by atoms with van der Waals surface area (Å²) < 4.78 is 5.29. The first-order chi connectivity index (χ1) is 16.2. The van der Waals surface area contributed by atoms with Crippen LogP contribution >= 0.6 is 12.2 Å². The highest BCUT2D eigenvalue weighted by Gasteiger charge is 2.34. The zero-order valence-corrected chi connectivity index (χ0v) is 20.2. The number of ether oxygens (including phenoxy) is 1. The van der Waals surface area contributed by atoms with E-state index in [4.69, 9.17) is 17.0 Å². The maximum atomic E-state index is 12.8. The molecule has 0 fully saturated rings. The molecule has 0 aromatic heterocycles. The maximum absolute atomic E-state index is 12.8. The van der Waals surface area contributed by atoms with Gasteiger partial charge in [0.05, 0.1) is 23.1 Å². The minimum Gasteiger partial charge on any atom is -0.463 e. The third kappa shape index (κ3) is 5.07. The number of allylic oxidation sites excluding steroid dienone is 1. The van der Waals surface area contributed by atoms with Gasteiger partial charge in [0.2, 0.25) is 0 Å². The molecule has 1 aliphatic rings. The van der Waals surface area contributed by atoms with E-state index in [0.29, 0.717) is 39.7 Å². The predicted molar refractivity (Wildman–Crippen MR) is 132 cm³/mol. The lowest BCUT2D eigenvalue weighted by Gasteiger charge is -2.37. The number of anilines is 1. The number of benzene rings is 2. The third-order valence-electron chi connectivity index (χ3n) is 5.55. The van der Waals surface area contributed by atoms with E-state index >= 15 is 0 Å². The van der Waals surface area contributed by atoms with Crippen LogP contribution in [0.2, 0.25) is 0 Å². The average molecular weight is 483 g/mol. The molecule has 2 aromatic rings. The van der Waals surface area contributed by atoms with Crippen molar-refractivity contribution in [3.8, 4) is 0 Å². The Hall–Kier alpha value is -3.79. The van der Waals surface area contributed by atoms with Crippen LogP contribution in [-0.2, 0) is 9.53 Å². The number of amides is 1. The molecule has 0 unspecified atom stereocenters. The fourth-order valence-electron chi connectivity index (χ4n) is 3.83. The molecule has 0 spiro atoms. The number of carbonyl (C=O) groups excluding carboxylic acids is 2. The number of rotatable bonds is 7. The number of thiocarbonyl (C=S) groups is 1. The number of nitrogens with zero attached hydrogens (tertiary/aromatic N) is 2. The van der Waals surface area contributed by atoms with Gasteiger partial charge in [-0.2, -0.15) is 0 Å². The van der Waals surface area contributed by atoms with Gasteiger partial charge in [-0.15, -0.1) is 0 Å². The summed E-state index contributed by atoms with van der Waals surface area (Å²) in [7, 11) is 0. The second-order valence-corrected chi connectivity index (χ2v) is 8.07. The van der Waals surface area contributed by atoms with E-state index in [2.05, 4.69) is 10.6 Å². The molecule has 1 atom stereocenters. The smallest absolute Gasteiger partial charge is 0.338 e. The number of nitro benzene ring substituents is 1. The molecule has 0 saturated carbocycles. The summed E-state index contributed by atoms with van der Waals surface area (Å²) in [5.74, 6) is -0.929. The Labute approximate surface area is 202 Å². The lowest BCUT2D eigenvalue weighted by molar-refractivity contribution is -0.385. The molecule has 1 amide bonds. The van der Waals surface area contributed by atoms with Crippen LogP contribution in [0.4, 0.5) is 11.4 Å². The van der Waals surface area contributed by atoms with Crippen LogP contribution in [0, 0.1) is 17.0 Å². The van der Waals surface area contributed by atoms with E-state index < -0.39 is 22.8 Å². The van der Waals surface area contributed by atoms with Gasteiger partial charge in [-0.3, -0.25) is 14.9 Å². The highest BCUT2D eigenvalue weighted by molar-refractivity contribution is 7.80. The normalized spacial score (nSPS) is 15.6. The van der Waals surface area contributed by atoms with Crippen LogP contribution < -0.4 is 10.6 Å². The molecule has 1 aliphatic heterocycles. The van der Waals surface area contributed by atoms with Gasteiger partial charge in [-0.25, -0.2) is 4.79 Å². The average Bonchev–Trinajstić information content (AvgIpc) is 2.79. The summed E-state index contributed by atoms with van der Waals surface area (Å²) in [6.07, 6.45) is 0. The molecule has 0 saturated heterocycles. The molecule has 2 aromatic carbocycles. The zero-order chi connectivity index (χ0) is 25.0. The van der Waals surface area contributed by atoms with Crippen molar-refractivity contribution in [1.29, 1.82) is 0 Å². The SMILES string of the molecule is CCOC(=O)C1=C(C)N(CC)C(=S)N[C@@H]1c1cccc(NC(=O)c2ccc(C)c([N+](=O)[O-])c2)c1. The van der Waals surface area contributed by atoms with Crippen molar-refractivity contribution >= 4 is 40.6 Å². The van der Waals surface area contributed by atoms with E-state index in [-0.39, 0.29) is 17.9 Å². The predicted octanol–water partition coefficient (Wildman–Crippen LogP) is 4.24. The van der Waals surface area contributed by atoms with Gasteiger partial charge in [-0.1, -0.05) is 18.2 Å². The number of esters is 1. The van der Waals surface area contributed by atoms with Gasteiger partial charge in [0, 0.05) is 35.1 Å². The van der Waals surface area contributed by atoms with E-state index in [1.165, 1.54) is 18.2 Å². The van der Waals surface area contributed by atoms with Gasteiger partial charge in [0.15, 0.2) is 5.11 Å². The summed E-state index contributed by atoms with van der Waals surface area (Å²) in [6.45, 7) is 7.94. The number of hydrogen-bond acceptors (Lipinski definition) is 6. The Morgan fingerprint density at radius 3 is 2.59 bits per heavy atom. The van der Waals surface area contributed by atoms with Crippen molar-refractivity contribution in [2.45, 2.75) is 33.7 Å². The largest absolute Gasteiger partial charge is 0.463 e. The molecule has 0 aliphatic carbocycles. The molecule has 34 heavy (non-hydrogen) atoms. The number of nitrogens with one attached hydrogen (secondary N) is 2. The molecule has 0 radical (unpaired) electrons. The Morgan fingerprint density at radius 1 is 1.21 bits per heavy atom. The Balaban J connectivity index is 1.93. The molecule has 1 heterocycles. The Morgan fingerprint density at radius 2 is 1.94 bits per heavy atom. The van der Waals surface area contributed by atoms with Crippen LogP contribution in [0.25, 0.3) is 0 Å². The molecule has 178 valence electrons. The Bertz CT molecular complexity index is 1190. The number of hydrogen-bond donors (Lipinski definition) is 2. The van der Waals surface area contributed by atoms with E-state index in [1.807, 2.05) is 24.8 Å². The van der Waals surface area contributed by atoms with Crippen molar-refractivity contribution in [2.24, 2.45) is 0 Å². The summed E-state index contributed by atoms with van der Waals surface area (Å²) in [4.78, 5) is 38.1. The van der Waals surface area contributed by atoms with Crippen LogP contribution in [0.3, 0.4) is 0 Å². The van der Waals surface area contributed by atoms with Crippen molar-refractivity contribution in [1.82, 2.24) is 10.2 Å². The number of carbonyl (C=O) groups is 2. The molecular formula is C24H26N4O5S. The number of aryl methyl sites for hydroxylation is 1. The highest BCUT2D eigenvalue weighted by Crippen LogP contribution is 2.32. The van der Waals surface area contributed by atoms with E-state index in [9.17, 15) is 19.7 Å². The van der Waals surface area contributed by atoms with Gasteiger partial charge >= 0.3 is 5.97 Å². The van der Waals surface area contributed by atoms with Crippen molar-refractivity contribution in [3.05, 3.63) is 80.5 Å². The first-order valence-electron chi connectivity index (χ1n) is 10.8. The fraction of sp³-hybridized carbons (Fsp3) is 0.292. The summed E-state index contributed by atoms with van der Waals surface area (Å²) in [5, 5.41) is 17.7. The Kier molecular flexibility index (Phi) is 7.62. The van der Waals surface area contributed by atoms with Gasteiger partial charge in [-0.05, 0) is 63.7 Å². The van der Waals surface area contributed by atoms with Gasteiger partial charge in [0.1, 0.15) is 0 Å². The van der Waals surface area contributed by atoms with E-state index in [1.54, 1.807) is 32.0 Å². The van der Waals surface area contributed by atoms with Crippen LogP contribution in [-0.4, -0.2) is 40.0 Å². The lowest BCUT2D eigenvalue weighted by Crippen LogP contribution is -2.47. The zero-order valence-electron chi connectivity index (χ0n) is 19.4. The summed E-state index contributed by atoms with van der Waals surface area (Å²) in [5.41, 5.74) is 2.83. The molecule has 2 N–H and O–H groups in total. The molecule has 0 bridgehead atoms. The molecule has 3 rings (SSSR count). The first-order valence-corrected chi connectivity index (χ1v) is 11.2. The minimum atomic E-state index is -0.563. The quantitative estimate of drug-likeness (QED) is 0.261.